The van der Waals surface area contributed by atoms with Crippen LogP contribution in [0, 0.1) is 0 Å². The minimum atomic E-state index is -3.02. The summed E-state index contributed by atoms with van der Waals surface area (Å²) < 4.78 is 34.7. The summed E-state index contributed by atoms with van der Waals surface area (Å²) in [6.45, 7) is -2.77. The van der Waals surface area contributed by atoms with Crippen molar-refractivity contribution < 1.29 is 27.8 Å². The molecule has 0 radical (unpaired) electrons. The Balaban J connectivity index is 2.01. The summed E-state index contributed by atoms with van der Waals surface area (Å²) in [5, 5.41) is 5.20. The molecule has 0 aliphatic heterocycles. The van der Waals surface area contributed by atoms with E-state index in [-0.39, 0.29) is 29.5 Å². The summed E-state index contributed by atoms with van der Waals surface area (Å²) in [6, 6.07) is 11.4. The summed E-state index contributed by atoms with van der Waals surface area (Å²) >= 11 is 0. The number of hydrogen-bond donors (Lipinski definition) is 2. The van der Waals surface area contributed by atoms with E-state index in [1.54, 1.807) is 37.4 Å². The maximum absolute atomic E-state index is 12.6. The number of alkyl halides is 2. The van der Waals surface area contributed by atoms with E-state index in [1.807, 2.05) is 0 Å². The highest BCUT2D eigenvalue weighted by atomic mass is 19.3. The highest BCUT2D eigenvalue weighted by Gasteiger charge is 2.14. The second kappa shape index (κ2) is 10.1. The van der Waals surface area contributed by atoms with Crippen LogP contribution in [-0.4, -0.2) is 32.6 Å². The molecule has 2 aromatic rings. The zero-order valence-electron chi connectivity index (χ0n) is 15.4. The molecule has 0 heterocycles. The van der Waals surface area contributed by atoms with Crippen molar-refractivity contribution in [1.82, 2.24) is 10.6 Å². The summed E-state index contributed by atoms with van der Waals surface area (Å²) in [7, 11) is 2.88. The van der Waals surface area contributed by atoms with E-state index in [4.69, 9.17) is 4.74 Å². The number of amides is 2. The van der Waals surface area contributed by atoms with Gasteiger partial charge in [-0.25, -0.2) is 0 Å². The van der Waals surface area contributed by atoms with Crippen molar-refractivity contribution in [3.8, 4) is 11.5 Å². The third kappa shape index (κ3) is 5.80. The first-order valence-corrected chi connectivity index (χ1v) is 8.33. The first-order chi connectivity index (χ1) is 13.4. The maximum atomic E-state index is 12.6. The van der Waals surface area contributed by atoms with Crippen molar-refractivity contribution in [3.63, 3.8) is 0 Å². The normalized spacial score (nSPS) is 10.8. The smallest absolute Gasteiger partial charge is 0.387 e. The van der Waals surface area contributed by atoms with Gasteiger partial charge in [-0.15, -0.1) is 0 Å². The third-order valence-electron chi connectivity index (χ3n) is 3.76. The van der Waals surface area contributed by atoms with Gasteiger partial charge in [-0.05, 0) is 29.8 Å². The molecule has 2 N–H and O–H groups in total. The number of para-hydroxylation sites is 1. The number of carbonyl (C=O) groups is 2. The van der Waals surface area contributed by atoms with Gasteiger partial charge < -0.3 is 20.1 Å². The molecule has 0 saturated carbocycles. The largest absolute Gasteiger partial charge is 0.493 e. The molecular formula is C20H20F2N2O4. The molecule has 0 aliphatic carbocycles. The van der Waals surface area contributed by atoms with Crippen molar-refractivity contribution in [1.29, 1.82) is 0 Å². The topological polar surface area (TPSA) is 76.7 Å². The van der Waals surface area contributed by atoms with Gasteiger partial charge in [-0.1, -0.05) is 24.3 Å². The lowest BCUT2D eigenvalue weighted by atomic mass is 10.1. The quantitative estimate of drug-likeness (QED) is 0.680. The molecule has 28 heavy (non-hydrogen) atoms. The fraction of sp³-hybridized carbons (Fsp3) is 0.200. The number of benzene rings is 2. The number of methoxy groups -OCH3 is 1. The molecule has 0 bridgehead atoms. The minimum absolute atomic E-state index is 0.138. The van der Waals surface area contributed by atoms with E-state index < -0.39 is 12.5 Å². The van der Waals surface area contributed by atoms with Gasteiger partial charge in [0.05, 0.1) is 7.11 Å². The van der Waals surface area contributed by atoms with Crippen LogP contribution in [0.25, 0.3) is 6.08 Å². The second-order valence-electron chi connectivity index (χ2n) is 5.58. The average molecular weight is 390 g/mol. The first-order valence-electron chi connectivity index (χ1n) is 8.33. The molecule has 0 atom stereocenters. The van der Waals surface area contributed by atoms with E-state index >= 15 is 0 Å². The van der Waals surface area contributed by atoms with Gasteiger partial charge in [0, 0.05) is 30.8 Å². The monoisotopic (exact) mass is 390 g/mol. The second-order valence-corrected chi connectivity index (χ2v) is 5.58. The van der Waals surface area contributed by atoms with E-state index in [9.17, 15) is 18.4 Å². The van der Waals surface area contributed by atoms with Crippen LogP contribution in [0.2, 0.25) is 0 Å². The van der Waals surface area contributed by atoms with Crippen molar-refractivity contribution >= 4 is 17.9 Å². The number of nitrogens with one attached hydrogen (secondary N) is 2. The number of halogens is 2. The van der Waals surface area contributed by atoms with Crippen LogP contribution in [0.5, 0.6) is 11.5 Å². The minimum Gasteiger partial charge on any atom is -0.493 e. The Morgan fingerprint density at radius 2 is 1.86 bits per heavy atom. The average Bonchev–Trinajstić information content (AvgIpc) is 2.70. The molecule has 2 rings (SSSR count). The number of hydrogen-bond acceptors (Lipinski definition) is 4. The number of ether oxygens (including phenoxy) is 2. The van der Waals surface area contributed by atoms with E-state index in [2.05, 4.69) is 15.4 Å². The predicted molar refractivity (Wildman–Crippen MR) is 100 cm³/mol. The van der Waals surface area contributed by atoms with Gasteiger partial charge >= 0.3 is 6.61 Å². The molecule has 0 spiro atoms. The van der Waals surface area contributed by atoms with Crippen LogP contribution >= 0.6 is 0 Å². The molecule has 0 fully saturated rings. The highest BCUT2D eigenvalue weighted by molar-refractivity contribution is 5.94. The Morgan fingerprint density at radius 1 is 1.14 bits per heavy atom. The van der Waals surface area contributed by atoms with Gasteiger partial charge in [-0.2, -0.15) is 8.78 Å². The zero-order valence-corrected chi connectivity index (χ0v) is 15.4. The number of rotatable bonds is 8. The molecule has 8 heteroatoms. The Bertz CT molecular complexity index is 852. The first kappa shape index (κ1) is 20.9. The van der Waals surface area contributed by atoms with Crippen molar-refractivity contribution in [2.45, 2.75) is 13.2 Å². The third-order valence-corrected chi connectivity index (χ3v) is 3.76. The van der Waals surface area contributed by atoms with Crippen LogP contribution in [0.3, 0.4) is 0 Å². The molecular weight excluding hydrogens is 370 g/mol. The van der Waals surface area contributed by atoms with Gasteiger partial charge in [0.25, 0.3) is 5.91 Å². The summed E-state index contributed by atoms with van der Waals surface area (Å²) in [6.07, 6.45) is 2.58. The summed E-state index contributed by atoms with van der Waals surface area (Å²) in [5.74, 6) is -0.618. The van der Waals surface area contributed by atoms with Gasteiger partial charge in [0.1, 0.15) is 0 Å². The van der Waals surface area contributed by atoms with E-state index in [0.717, 1.165) is 5.56 Å². The Labute approximate surface area is 161 Å². The van der Waals surface area contributed by atoms with Crippen LogP contribution in [-0.2, 0) is 11.3 Å². The van der Waals surface area contributed by atoms with Crippen LogP contribution < -0.4 is 20.1 Å². The molecule has 0 aliphatic rings. The molecule has 0 saturated heterocycles. The van der Waals surface area contributed by atoms with Crippen LogP contribution in [0.15, 0.2) is 48.5 Å². The van der Waals surface area contributed by atoms with Gasteiger partial charge in [-0.3, -0.25) is 9.59 Å². The lowest BCUT2D eigenvalue weighted by molar-refractivity contribution is -0.116. The van der Waals surface area contributed by atoms with Gasteiger partial charge in [0.15, 0.2) is 11.5 Å². The SMILES string of the molecule is CNC(=O)c1ccc(CNC(=O)/C=C/c2cccc(OC)c2OC(F)F)cc1. The molecule has 2 amide bonds. The maximum Gasteiger partial charge on any atom is 0.387 e. The van der Waals surface area contributed by atoms with Crippen LogP contribution in [0.1, 0.15) is 21.5 Å². The highest BCUT2D eigenvalue weighted by Crippen LogP contribution is 2.33. The Hall–Kier alpha value is -3.42. The molecule has 2 aromatic carbocycles. The van der Waals surface area contributed by atoms with Crippen molar-refractivity contribution in [2.24, 2.45) is 0 Å². The van der Waals surface area contributed by atoms with Gasteiger partial charge in [0.2, 0.25) is 5.91 Å². The molecule has 148 valence electrons. The lowest BCUT2D eigenvalue weighted by Gasteiger charge is -2.12. The molecule has 6 nitrogen and oxygen atoms in total. The van der Waals surface area contributed by atoms with E-state index in [0.29, 0.717) is 5.56 Å². The number of carbonyl (C=O) groups excluding carboxylic acids is 2. The molecule has 0 unspecified atom stereocenters. The Kier molecular flexibility index (Phi) is 7.50. The lowest BCUT2D eigenvalue weighted by Crippen LogP contribution is -2.20. The zero-order chi connectivity index (χ0) is 20.5. The fourth-order valence-corrected chi connectivity index (χ4v) is 2.37. The molecule has 0 aromatic heterocycles. The Morgan fingerprint density at radius 3 is 2.46 bits per heavy atom. The van der Waals surface area contributed by atoms with Crippen molar-refractivity contribution in [3.05, 3.63) is 65.2 Å². The fourth-order valence-electron chi connectivity index (χ4n) is 2.37. The van der Waals surface area contributed by atoms with Crippen molar-refractivity contribution in [2.75, 3.05) is 14.2 Å². The summed E-state index contributed by atoms with van der Waals surface area (Å²) in [5.41, 5.74) is 1.60. The van der Waals surface area contributed by atoms with Crippen LogP contribution in [0.4, 0.5) is 8.78 Å². The standard InChI is InChI=1S/C20H20F2N2O4/c1-23-19(26)15-8-6-13(7-9-15)12-24-17(25)11-10-14-4-3-5-16(27-2)18(14)28-20(21)22/h3-11,20H,12H2,1-2H3,(H,23,26)(H,24,25)/b11-10+. The van der Waals surface area contributed by atoms with E-state index in [1.165, 1.54) is 31.4 Å². The summed E-state index contributed by atoms with van der Waals surface area (Å²) in [4.78, 5) is 23.5. The predicted octanol–water partition coefficient (Wildman–Crippen LogP) is 2.99.